The molecule has 4 atom stereocenters. The van der Waals surface area contributed by atoms with E-state index in [0.29, 0.717) is 18.1 Å². The van der Waals surface area contributed by atoms with Crippen LogP contribution in [0.2, 0.25) is 0 Å². The first kappa shape index (κ1) is 21.2. The predicted molar refractivity (Wildman–Crippen MR) is 101 cm³/mol. The first-order chi connectivity index (χ1) is 13.3. The fraction of sp³-hybridized carbons (Fsp3) is 0.667. The van der Waals surface area contributed by atoms with E-state index >= 15 is 0 Å². The number of hydrogen-bond donors (Lipinski definition) is 3. The SMILES string of the molecule is CC(C)NC(=O)[C@]1(OCc2ccccc2F)C[C@@H](O)[C@@H](O)[C@@H](OCC2CC2)C1. The normalized spacial score (nSPS) is 30.4. The second kappa shape index (κ2) is 8.86. The van der Waals surface area contributed by atoms with Crippen LogP contribution in [-0.2, 0) is 20.9 Å². The van der Waals surface area contributed by atoms with E-state index in [0.717, 1.165) is 12.8 Å². The summed E-state index contributed by atoms with van der Waals surface area (Å²) in [7, 11) is 0. The zero-order valence-corrected chi connectivity index (χ0v) is 16.4. The van der Waals surface area contributed by atoms with Gasteiger partial charge in [-0.05, 0) is 38.7 Å². The highest BCUT2D eigenvalue weighted by Crippen LogP contribution is 2.37. The number of amides is 1. The molecule has 3 N–H and O–H groups in total. The first-order valence-corrected chi connectivity index (χ1v) is 9.97. The minimum Gasteiger partial charge on any atom is -0.390 e. The van der Waals surface area contributed by atoms with Crippen LogP contribution in [0.5, 0.6) is 0 Å². The molecule has 2 aliphatic rings. The van der Waals surface area contributed by atoms with Crippen molar-refractivity contribution in [2.24, 2.45) is 5.92 Å². The van der Waals surface area contributed by atoms with Gasteiger partial charge in [-0.2, -0.15) is 0 Å². The Morgan fingerprint density at radius 1 is 1.29 bits per heavy atom. The zero-order chi connectivity index (χ0) is 20.3. The number of carbonyl (C=O) groups excluding carboxylic acids is 1. The monoisotopic (exact) mass is 395 g/mol. The van der Waals surface area contributed by atoms with E-state index in [2.05, 4.69) is 5.32 Å². The molecule has 2 saturated carbocycles. The van der Waals surface area contributed by atoms with Gasteiger partial charge in [0.15, 0.2) is 5.60 Å². The molecule has 0 radical (unpaired) electrons. The lowest BCUT2D eigenvalue weighted by Gasteiger charge is -2.44. The average molecular weight is 395 g/mol. The molecule has 28 heavy (non-hydrogen) atoms. The Morgan fingerprint density at radius 2 is 2.00 bits per heavy atom. The van der Waals surface area contributed by atoms with Crippen molar-refractivity contribution in [2.75, 3.05) is 6.61 Å². The van der Waals surface area contributed by atoms with Gasteiger partial charge in [0.05, 0.1) is 18.8 Å². The maximum Gasteiger partial charge on any atom is 0.252 e. The van der Waals surface area contributed by atoms with Crippen LogP contribution in [0.25, 0.3) is 0 Å². The fourth-order valence-electron chi connectivity index (χ4n) is 3.53. The van der Waals surface area contributed by atoms with Gasteiger partial charge >= 0.3 is 0 Å². The third-order valence-electron chi connectivity index (χ3n) is 5.38. The van der Waals surface area contributed by atoms with Gasteiger partial charge in [0.1, 0.15) is 11.9 Å². The topological polar surface area (TPSA) is 88.0 Å². The lowest BCUT2D eigenvalue weighted by Crippen LogP contribution is -2.61. The number of hydrogen-bond acceptors (Lipinski definition) is 5. The van der Waals surface area contributed by atoms with Crippen LogP contribution in [0.1, 0.15) is 45.1 Å². The number of aliphatic hydroxyl groups is 2. The summed E-state index contributed by atoms with van der Waals surface area (Å²) in [6, 6.07) is 6.09. The van der Waals surface area contributed by atoms with Crippen LogP contribution < -0.4 is 5.32 Å². The van der Waals surface area contributed by atoms with E-state index in [9.17, 15) is 19.4 Å². The largest absolute Gasteiger partial charge is 0.390 e. The van der Waals surface area contributed by atoms with E-state index in [-0.39, 0.29) is 31.4 Å². The minimum atomic E-state index is -1.40. The smallest absolute Gasteiger partial charge is 0.252 e. The maximum absolute atomic E-state index is 14.0. The van der Waals surface area contributed by atoms with E-state index in [1.54, 1.807) is 18.2 Å². The van der Waals surface area contributed by atoms with Crippen LogP contribution >= 0.6 is 0 Å². The molecule has 0 aliphatic heterocycles. The third-order valence-corrected chi connectivity index (χ3v) is 5.38. The summed E-state index contributed by atoms with van der Waals surface area (Å²) in [4.78, 5) is 13.0. The van der Waals surface area contributed by atoms with E-state index < -0.39 is 29.7 Å². The number of carbonyl (C=O) groups is 1. The molecule has 1 aromatic rings. The standard InChI is InChI=1S/C21H30FNO5/c1-13(2)23-20(26)21(28-12-15-5-3-4-6-16(15)22)9-17(24)19(25)18(10-21)27-11-14-7-8-14/h3-6,13-14,17-19,24-25H,7-12H2,1-2H3,(H,23,26)/t17-,18+,19-,21+/m1/s1. The number of aliphatic hydroxyl groups excluding tert-OH is 2. The Labute approximate surface area is 165 Å². The van der Waals surface area contributed by atoms with Crippen LogP contribution in [0.4, 0.5) is 4.39 Å². The van der Waals surface area contributed by atoms with Gasteiger partial charge < -0.3 is 25.0 Å². The summed E-state index contributed by atoms with van der Waals surface area (Å²) in [6.45, 7) is 4.04. The molecule has 1 aromatic carbocycles. The van der Waals surface area contributed by atoms with Gasteiger partial charge in [0.25, 0.3) is 5.91 Å². The average Bonchev–Trinajstić information content (AvgIpc) is 3.46. The van der Waals surface area contributed by atoms with Crippen molar-refractivity contribution in [3.8, 4) is 0 Å². The molecule has 0 saturated heterocycles. The molecular formula is C21H30FNO5. The quantitative estimate of drug-likeness (QED) is 0.626. The molecular weight excluding hydrogens is 365 g/mol. The second-order valence-electron chi connectivity index (χ2n) is 8.28. The van der Waals surface area contributed by atoms with Gasteiger partial charge in [0.2, 0.25) is 0 Å². The molecule has 2 aliphatic carbocycles. The summed E-state index contributed by atoms with van der Waals surface area (Å²) in [6.07, 6.45) is -0.771. The van der Waals surface area contributed by atoms with Crippen LogP contribution in [-0.4, -0.2) is 52.7 Å². The molecule has 6 nitrogen and oxygen atoms in total. The summed E-state index contributed by atoms with van der Waals surface area (Å²) in [5.41, 5.74) is -1.07. The Balaban J connectivity index is 1.79. The molecule has 0 bridgehead atoms. The van der Waals surface area contributed by atoms with Crippen LogP contribution in [0.15, 0.2) is 24.3 Å². The molecule has 0 aromatic heterocycles. The van der Waals surface area contributed by atoms with E-state index in [1.165, 1.54) is 6.07 Å². The molecule has 2 fully saturated rings. The number of ether oxygens (including phenoxy) is 2. The zero-order valence-electron chi connectivity index (χ0n) is 16.4. The minimum absolute atomic E-state index is 0.0789. The van der Waals surface area contributed by atoms with Crippen LogP contribution in [0.3, 0.4) is 0 Å². The van der Waals surface area contributed by atoms with Crippen LogP contribution in [0, 0.1) is 11.7 Å². The van der Waals surface area contributed by atoms with Crippen molar-refractivity contribution in [2.45, 2.75) is 76.1 Å². The third kappa shape index (κ3) is 5.08. The number of nitrogens with one attached hydrogen (secondary N) is 1. The Hall–Kier alpha value is -1.54. The summed E-state index contributed by atoms with van der Waals surface area (Å²) in [5, 5.41) is 23.6. The highest BCUT2D eigenvalue weighted by molar-refractivity contribution is 5.85. The molecule has 0 spiro atoms. The molecule has 156 valence electrons. The molecule has 0 heterocycles. The summed E-state index contributed by atoms with van der Waals surface area (Å²) in [5.74, 6) is -0.325. The van der Waals surface area contributed by atoms with Crippen molar-refractivity contribution < 1.29 is 28.9 Å². The molecule has 1 amide bonds. The molecule has 0 unspecified atom stereocenters. The second-order valence-corrected chi connectivity index (χ2v) is 8.28. The van der Waals surface area contributed by atoms with Gasteiger partial charge in [-0.3, -0.25) is 4.79 Å². The maximum atomic E-state index is 14.0. The van der Waals surface area contributed by atoms with Gasteiger partial charge in [-0.1, -0.05) is 18.2 Å². The fourth-order valence-corrected chi connectivity index (χ4v) is 3.53. The van der Waals surface area contributed by atoms with Crippen molar-refractivity contribution >= 4 is 5.91 Å². The molecule has 7 heteroatoms. The van der Waals surface area contributed by atoms with Gasteiger partial charge in [-0.25, -0.2) is 4.39 Å². The predicted octanol–water partition coefficient (Wildman–Crippen LogP) is 1.92. The summed E-state index contributed by atoms with van der Waals surface area (Å²) >= 11 is 0. The number of rotatable bonds is 8. The lowest BCUT2D eigenvalue weighted by molar-refractivity contribution is -0.199. The van der Waals surface area contributed by atoms with Crippen molar-refractivity contribution in [1.29, 1.82) is 0 Å². The highest BCUT2D eigenvalue weighted by Gasteiger charge is 2.51. The van der Waals surface area contributed by atoms with Gasteiger partial charge in [0, 0.05) is 31.1 Å². The van der Waals surface area contributed by atoms with E-state index in [4.69, 9.17) is 9.47 Å². The Bertz CT molecular complexity index is 681. The number of benzene rings is 1. The van der Waals surface area contributed by atoms with Crippen molar-refractivity contribution in [3.63, 3.8) is 0 Å². The first-order valence-electron chi connectivity index (χ1n) is 9.97. The van der Waals surface area contributed by atoms with E-state index in [1.807, 2.05) is 13.8 Å². The Kier molecular flexibility index (Phi) is 6.70. The highest BCUT2D eigenvalue weighted by atomic mass is 19.1. The van der Waals surface area contributed by atoms with Crippen molar-refractivity contribution in [3.05, 3.63) is 35.6 Å². The Morgan fingerprint density at radius 3 is 2.64 bits per heavy atom. The molecule has 3 rings (SSSR count). The number of halogens is 1. The van der Waals surface area contributed by atoms with Gasteiger partial charge in [-0.15, -0.1) is 0 Å². The summed E-state index contributed by atoms with van der Waals surface area (Å²) < 4.78 is 25.8. The lowest BCUT2D eigenvalue weighted by atomic mass is 9.78. The van der Waals surface area contributed by atoms with Crippen molar-refractivity contribution in [1.82, 2.24) is 5.32 Å².